The van der Waals surface area contributed by atoms with Crippen molar-refractivity contribution in [2.75, 3.05) is 0 Å². The predicted octanol–water partition coefficient (Wildman–Crippen LogP) is -0.193. The van der Waals surface area contributed by atoms with Crippen LogP contribution in [0.3, 0.4) is 0 Å². The number of carbonyl (C=O) groups is 1. The Morgan fingerprint density at radius 1 is 1.71 bits per heavy atom. The first-order valence-electron chi connectivity index (χ1n) is 4.38. The van der Waals surface area contributed by atoms with E-state index in [9.17, 15) is 9.90 Å². The van der Waals surface area contributed by atoms with Gasteiger partial charge in [0.2, 0.25) is 0 Å². The van der Waals surface area contributed by atoms with E-state index in [0.29, 0.717) is 6.54 Å². The lowest BCUT2D eigenvalue weighted by molar-refractivity contribution is -0.136. The van der Waals surface area contributed by atoms with Gasteiger partial charge in [0.1, 0.15) is 5.60 Å². The van der Waals surface area contributed by atoms with Crippen molar-refractivity contribution in [3.05, 3.63) is 18.0 Å². The average molecular weight is 197 g/mol. The van der Waals surface area contributed by atoms with Crippen molar-refractivity contribution in [3.63, 3.8) is 0 Å². The minimum absolute atomic E-state index is 0.386. The summed E-state index contributed by atoms with van der Waals surface area (Å²) in [7, 11) is 1.81. The summed E-state index contributed by atoms with van der Waals surface area (Å²) in [5.41, 5.74) is -0.424. The third-order valence-corrected chi connectivity index (χ3v) is 1.77. The maximum absolute atomic E-state index is 11.3. The molecule has 0 aliphatic carbocycles. The fourth-order valence-electron chi connectivity index (χ4n) is 0.962. The van der Waals surface area contributed by atoms with Crippen molar-refractivity contribution in [2.45, 2.75) is 26.0 Å². The zero-order chi connectivity index (χ0) is 10.8. The van der Waals surface area contributed by atoms with Crippen LogP contribution in [-0.4, -0.2) is 26.4 Å². The number of nitrogens with zero attached hydrogens (tertiary/aromatic N) is 2. The maximum atomic E-state index is 11.3. The van der Waals surface area contributed by atoms with Crippen LogP contribution in [-0.2, 0) is 18.4 Å². The molecular formula is C9H15N3O2. The van der Waals surface area contributed by atoms with E-state index in [4.69, 9.17) is 0 Å². The van der Waals surface area contributed by atoms with E-state index in [1.165, 1.54) is 13.8 Å². The highest BCUT2D eigenvalue weighted by Gasteiger charge is 2.22. The number of rotatable bonds is 3. The average Bonchev–Trinajstić information content (AvgIpc) is 2.45. The summed E-state index contributed by atoms with van der Waals surface area (Å²) in [6.07, 6.45) is 3.48. The Morgan fingerprint density at radius 2 is 2.36 bits per heavy atom. The molecule has 1 rings (SSSR count). The molecule has 1 aromatic rings. The van der Waals surface area contributed by atoms with E-state index in [1.54, 1.807) is 17.9 Å². The predicted molar refractivity (Wildman–Crippen MR) is 51.4 cm³/mol. The Morgan fingerprint density at radius 3 is 2.79 bits per heavy atom. The van der Waals surface area contributed by atoms with Crippen molar-refractivity contribution in [3.8, 4) is 0 Å². The van der Waals surface area contributed by atoms with Crippen LogP contribution in [0.5, 0.6) is 0 Å². The molecule has 2 N–H and O–H groups in total. The highest BCUT2D eigenvalue weighted by Crippen LogP contribution is 2.01. The molecule has 0 aliphatic heterocycles. The lowest BCUT2D eigenvalue weighted by Gasteiger charge is -2.15. The molecule has 0 saturated carbocycles. The Kier molecular flexibility index (Phi) is 2.90. The smallest absolute Gasteiger partial charge is 0.251 e. The lowest BCUT2D eigenvalue weighted by Crippen LogP contribution is -2.41. The number of amides is 1. The fourth-order valence-corrected chi connectivity index (χ4v) is 0.962. The van der Waals surface area contributed by atoms with Gasteiger partial charge in [-0.25, -0.2) is 0 Å². The largest absolute Gasteiger partial charge is 0.381 e. The quantitative estimate of drug-likeness (QED) is 0.705. The van der Waals surface area contributed by atoms with Gasteiger partial charge in [-0.2, -0.15) is 5.10 Å². The number of aliphatic hydroxyl groups is 1. The van der Waals surface area contributed by atoms with Crippen LogP contribution in [0.4, 0.5) is 0 Å². The molecule has 0 spiro atoms. The summed E-state index contributed by atoms with van der Waals surface area (Å²) in [6.45, 7) is 3.29. The van der Waals surface area contributed by atoms with Crippen LogP contribution in [0.15, 0.2) is 12.4 Å². The molecule has 0 fully saturated rings. The van der Waals surface area contributed by atoms with Crippen molar-refractivity contribution < 1.29 is 9.90 Å². The number of nitrogens with one attached hydrogen (secondary N) is 1. The first kappa shape index (κ1) is 10.7. The van der Waals surface area contributed by atoms with Gasteiger partial charge in [0, 0.05) is 25.4 Å². The van der Waals surface area contributed by atoms with Crippen LogP contribution in [0.1, 0.15) is 19.4 Å². The molecule has 1 heterocycles. The zero-order valence-electron chi connectivity index (χ0n) is 8.61. The fraction of sp³-hybridized carbons (Fsp3) is 0.556. The molecule has 0 unspecified atom stereocenters. The second kappa shape index (κ2) is 3.79. The summed E-state index contributed by atoms with van der Waals surface area (Å²) in [5.74, 6) is -0.388. The number of hydrogen-bond donors (Lipinski definition) is 2. The minimum Gasteiger partial charge on any atom is -0.381 e. The summed E-state index contributed by atoms with van der Waals surface area (Å²) in [5, 5.41) is 15.9. The molecule has 1 amide bonds. The van der Waals surface area contributed by atoms with Gasteiger partial charge in [-0.1, -0.05) is 0 Å². The standard InChI is InChI=1S/C9H15N3O2/c1-9(2,14)8(13)10-4-7-5-11-12(3)6-7/h5-6,14H,4H2,1-3H3,(H,10,13). The molecule has 5 heteroatoms. The number of aromatic nitrogens is 2. The third kappa shape index (κ3) is 2.85. The van der Waals surface area contributed by atoms with Crippen LogP contribution in [0.25, 0.3) is 0 Å². The summed E-state index contributed by atoms with van der Waals surface area (Å²) in [6, 6.07) is 0. The molecular weight excluding hydrogens is 182 g/mol. The van der Waals surface area contributed by atoms with Gasteiger partial charge in [0.15, 0.2) is 0 Å². The molecule has 0 saturated heterocycles. The first-order valence-corrected chi connectivity index (χ1v) is 4.38. The first-order chi connectivity index (χ1) is 6.39. The molecule has 0 aromatic carbocycles. The monoisotopic (exact) mass is 197 g/mol. The summed E-state index contributed by atoms with van der Waals surface area (Å²) < 4.78 is 1.66. The SMILES string of the molecule is Cn1cc(CNC(=O)C(C)(C)O)cn1. The molecule has 5 nitrogen and oxygen atoms in total. The zero-order valence-corrected chi connectivity index (χ0v) is 8.61. The maximum Gasteiger partial charge on any atom is 0.251 e. The van der Waals surface area contributed by atoms with E-state index in [1.807, 2.05) is 6.20 Å². The Balaban J connectivity index is 2.46. The van der Waals surface area contributed by atoms with Gasteiger partial charge in [0.25, 0.3) is 5.91 Å². The van der Waals surface area contributed by atoms with Gasteiger partial charge in [-0.05, 0) is 13.8 Å². The van der Waals surface area contributed by atoms with Crippen molar-refractivity contribution >= 4 is 5.91 Å². The second-order valence-electron chi connectivity index (χ2n) is 3.76. The van der Waals surface area contributed by atoms with Crippen molar-refractivity contribution in [1.82, 2.24) is 15.1 Å². The van der Waals surface area contributed by atoms with Crippen LogP contribution in [0.2, 0.25) is 0 Å². The minimum atomic E-state index is -1.33. The van der Waals surface area contributed by atoms with Gasteiger partial charge in [-0.3, -0.25) is 9.48 Å². The number of aryl methyl sites for hydroxylation is 1. The molecule has 14 heavy (non-hydrogen) atoms. The molecule has 0 atom stereocenters. The van der Waals surface area contributed by atoms with E-state index in [-0.39, 0.29) is 5.91 Å². The van der Waals surface area contributed by atoms with Crippen molar-refractivity contribution in [2.24, 2.45) is 7.05 Å². The Hall–Kier alpha value is -1.36. The highest BCUT2D eigenvalue weighted by atomic mass is 16.3. The lowest BCUT2D eigenvalue weighted by atomic mass is 10.1. The van der Waals surface area contributed by atoms with Gasteiger partial charge in [0.05, 0.1) is 6.20 Å². The molecule has 1 aromatic heterocycles. The Labute approximate surface area is 82.7 Å². The number of carbonyl (C=O) groups excluding carboxylic acids is 1. The van der Waals surface area contributed by atoms with Gasteiger partial charge < -0.3 is 10.4 Å². The summed E-state index contributed by atoms with van der Waals surface area (Å²) >= 11 is 0. The normalized spacial score (nSPS) is 11.4. The molecule has 0 bridgehead atoms. The summed E-state index contributed by atoms with van der Waals surface area (Å²) in [4.78, 5) is 11.3. The van der Waals surface area contributed by atoms with Gasteiger partial charge >= 0.3 is 0 Å². The van der Waals surface area contributed by atoms with Crippen LogP contribution >= 0.6 is 0 Å². The van der Waals surface area contributed by atoms with Crippen LogP contribution < -0.4 is 5.32 Å². The van der Waals surface area contributed by atoms with E-state index >= 15 is 0 Å². The third-order valence-electron chi connectivity index (χ3n) is 1.77. The van der Waals surface area contributed by atoms with Crippen LogP contribution in [0, 0.1) is 0 Å². The van der Waals surface area contributed by atoms with E-state index < -0.39 is 5.60 Å². The second-order valence-corrected chi connectivity index (χ2v) is 3.76. The van der Waals surface area contributed by atoms with E-state index in [0.717, 1.165) is 5.56 Å². The topological polar surface area (TPSA) is 67.2 Å². The van der Waals surface area contributed by atoms with Gasteiger partial charge in [-0.15, -0.1) is 0 Å². The molecule has 0 aliphatic rings. The molecule has 78 valence electrons. The number of hydrogen-bond acceptors (Lipinski definition) is 3. The molecule has 0 radical (unpaired) electrons. The van der Waals surface area contributed by atoms with E-state index in [2.05, 4.69) is 10.4 Å². The highest BCUT2D eigenvalue weighted by molar-refractivity contribution is 5.83. The van der Waals surface area contributed by atoms with Crippen molar-refractivity contribution in [1.29, 1.82) is 0 Å². The Bertz CT molecular complexity index is 325.